The number of nitrogens with zero attached hydrogens (tertiary/aromatic N) is 1. The third kappa shape index (κ3) is 5.94. The third-order valence-electron chi connectivity index (χ3n) is 3.27. The molecule has 1 heterocycles. The Balaban J connectivity index is 1.89. The Kier molecular flexibility index (Phi) is 6.94. The van der Waals surface area contributed by atoms with Gasteiger partial charge in [0, 0.05) is 23.3 Å². The molecule has 0 fully saturated rings. The summed E-state index contributed by atoms with van der Waals surface area (Å²) in [7, 11) is 0. The Morgan fingerprint density at radius 1 is 1.22 bits per heavy atom. The van der Waals surface area contributed by atoms with Crippen LogP contribution in [-0.2, 0) is 6.42 Å². The van der Waals surface area contributed by atoms with Crippen LogP contribution in [0.5, 0.6) is 0 Å². The van der Waals surface area contributed by atoms with Gasteiger partial charge in [-0.15, -0.1) is 11.8 Å². The van der Waals surface area contributed by atoms with Gasteiger partial charge in [-0.1, -0.05) is 19.1 Å². The number of benzene rings is 1. The number of amides is 2. The lowest BCUT2D eigenvalue weighted by Crippen LogP contribution is -2.37. The van der Waals surface area contributed by atoms with E-state index < -0.39 is 0 Å². The second-order valence-corrected chi connectivity index (χ2v) is 6.54. The summed E-state index contributed by atoms with van der Waals surface area (Å²) in [6, 6.07) is 11.7. The van der Waals surface area contributed by atoms with Gasteiger partial charge in [-0.3, -0.25) is 4.98 Å². The Hall–Kier alpha value is -2.01. The van der Waals surface area contributed by atoms with E-state index in [0.29, 0.717) is 0 Å². The predicted octanol–water partition coefficient (Wildman–Crippen LogP) is 4.34. The SMILES string of the molecule is CCCSc1ccccc1NC(=O)NC(C)Cc1ccncc1. The fourth-order valence-corrected chi connectivity index (χ4v) is 3.09. The first-order valence-electron chi connectivity index (χ1n) is 7.87. The molecule has 0 aliphatic rings. The van der Waals surface area contributed by atoms with Crippen LogP contribution in [0.2, 0.25) is 0 Å². The van der Waals surface area contributed by atoms with Gasteiger partial charge in [0.05, 0.1) is 5.69 Å². The van der Waals surface area contributed by atoms with Gasteiger partial charge in [0.25, 0.3) is 0 Å². The molecular formula is C18H23N3OS. The summed E-state index contributed by atoms with van der Waals surface area (Å²) in [5.41, 5.74) is 2.02. The molecule has 1 unspecified atom stereocenters. The second-order valence-electron chi connectivity index (χ2n) is 5.40. The van der Waals surface area contributed by atoms with E-state index in [-0.39, 0.29) is 12.1 Å². The number of hydrogen-bond donors (Lipinski definition) is 2. The smallest absolute Gasteiger partial charge is 0.319 e. The third-order valence-corrected chi connectivity index (χ3v) is 4.55. The molecule has 0 saturated heterocycles. The Bertz CT molecular complexity index is 619. The first-order chi connectivity index (χ1) is 11.2. The van der Waals surface area contributed by atoms with Crippen molar-refractivity contribution >= 4 is 23.5 Å². The van der Waals surface area contributed by atoms with E-state index in [0.717, 1.165) is 34.7 Å². The van der Waals surface area contributed by atoms with Crippen molar-refractivity contribution in [3.8, 4) is 0 Å². The molecule has 1 aromatic heterocycles. The Morgan fingerprint density at radius 3 is 2.70 bits per heavy atom. The van der Waals surface area contributed by atoms with E-state index in [1.165, 1.54) is 0 Å². The van der Waals surface area contributed by atoms with Gasteiger partial charge in [-0.2, -0.15) is 0 Å². The molecule has 1 atom stereocenters. The van der Waals surface area contributed by atoms with Gasteiger partial charge >= 0.3 is 6.03 Å². The zero-order chi connectivity index (χ0) is 16.5. The molecule has 2 N–H and O–H groups in total. The van der Waals surface area contributed by atoms with Crippen LogP contribution in [0.3, 0.4) is 0 Å². The number of anilines is 1. The lowest BCUT2D eigenvalue weighted by molar-refractivity contribution is 0.249. The van der Waals surface area contributed by atoms with Crippen molar-refractivity contribution in [1.29, 1.82) is 0 Å². The van der Waals surface area contributed by atoms with Crippen molar-refractivity contribution in [3.63, 3.8) is 0 Å². The maximum atomic E-state index is 12.2. The monoisotopic (exact) mass is 329 g/mol. The largest absolute Gasteiger partial charge is 0.335 e. The molecule has 4 nitrogen and oxygen atoms in total. The summed E-state index contributed by atoms with van der Waals surface area (Å²) < 4.78 is 0. The number of para-hydroxylation sites is 1. The van der Waals surface area contributed by atoms with E-state index in [1.807, 2.05) is 43.3 Å². The van der Waals surface area contributed by atoms with Crippen LogP contribution in [0.1, 0.15) is 25.8 Å². The van der Waals surface area contributed by atoms with Crippen LogP contribution in [0.15, 0.2) is 53.7 Å². The zero-order valence-electron chi connectivity index (χ0n) is 13.6. The van der Waals surface area contributed by atoms with Crippen LogP contribution in [-0.4, -0.2) is 22.8 Å². The second kappa shape index (κ2) is 9.20. The normalized spacial score (nSPS) is 11.7. The molecule has 122 valence electrons. The van der Waals surface area contributed by atoms with Crippen molar-refractivity contribution in [2.45, 2.75) is 37.6 Å². The van der Waals surface area contributed by atoms with E-state index in [2.05, 4.69) is 22.5 Å². The predicted molar refractivity (Wildman–Crippen MR) is 97.0 cm³/mol. The highest BCUT2D eigenvalue weighted by Crippen LogP contribution is 2.27. The molecule has 2 aromatic rings. The minimum absolute atomic E-state index is 0.0489. The fourth-order valence-electron chi connectivity index (χ4n) is 2.21. The fraction of sp³-hybridized carbons (Fsp3) is 0.333. The Morgan fingerprint density at radius 2 is 1.96 bits per heavy atom. The molecule has 0 radical (unpaired) electrons. The van der Waals surface area contributed by atoms with E-state index >= 15 is 0 Å². The van der Waals surface area contributed by atoms with Gasteiger partial charge in [0.15, 0.2) is 0 Å². The standard InChI is InChI=1S/C18H23N3OS/c1-3-12-23-17-7-5-4-6-16(17)21-18(22)20-14(2)13-15-8-10-19-11-9-15/h4-11,14H,3,12-13H2,1-2H3,(H2,20,21,22). The van der Waals surface area contributed by atoms with E-state index in [4.69, 9.17) is 0 Å². The molecular weight excluding hydrogens is 306 g/mol. The summed E-state index contributed by atoms with van der Waals surface area (Å²) in [4.78, 5) is 17.3. The number of hydrogen-bond acceptors (Lipinski definition) is 3. The topological polar surface area (TPSA) is 54.0 Å². The van der Waals surface area contributed by atoms with Gasteiger partial charge in [0.2, 0.25) is 0 Å². The van der Waals surface area contributed by atoms with Crippen LogP contribution in [0.25, 0.3) is 0 Å². The summed E-state index contributed by atoms with van der Waals surface area (Å²) >= 11 is 1.76. The molecule has 23 heavy (non-hydrogen) atoms. The molecule has 0 aliphatic heterocycles. The van der Waals surface area contributed by atoms with Crippen LogP contribution < -0.4 is 10.6 Å². The van der Waals surface area contributed by atoms with Crippen molar-refractivity contribution in [2.24, 2.45) is 0 Å². The van der Waals surface area contributed by atoms with Gasteiger partial charge in [0.1, 0.15) is 0 Å². The highest BCUT2D eigenvalue weighted by molar-refractivity contribution is 7.99. The van der Waals surface area contributed by atoms with Crippen molar-refractivity contribution in [2.75, 3.05) is 11.1 Å². The van der Waals surface area contributed by atoms with Crippen molar-refractivity contribution < 1.29 is 4.79 Å². The van der Waals surface area contributed by atoms with Crippen molar-refractivity contribution in [1.82, 2.24) is 10.3 Å². The molecule has 0 spiro atoms. The van der Waals surface area contributed by atoms with Gasteiger partial charge < -0.3 is 10.6 Å². The number of rotatable bonds is 7. The van der Waals surface area contributed by atoms with Crippen LogP contribution in [0.4, 0.5) is 10.5 Å². The summed E-state index contributed by atoms with van der Waals surface area (Å²) in [6.07, 6.45) is 5.42. The average Bonchev–Trinajstić information content (AvgIpc) is 2.54. The molecule has 0 saturated carbocycles. The summed E-state index contributed by atoms with van der Waals surface area (Å²) in [5, 5.41) is 5.93. The summed E-state index contributed by atoms with van der Waals surface area (Å²) in [6.45, 7) is 4.15. The number of carbonyl (C=O) groups excluding carboxylic acids is 1. The maximum absolute atomic E-state index is 12.2. The maximum Gasteiger partial charge on any atom is 0.319 e. The minimum atomic E-state index is -0.170. The lowest BCUT2D eigenvalue weighted by atomic mass is 10.1. The van der Waals surface area contributed by atoms with Gasteiger partial charge in [-0.25, -0.2) is 4.79 Å². The average molecular weight is 329 g/mol. The number of carbonyl (C=O) groups is 1. The Labute approximate surface area is 142 Å². The first kappa shape index (κ1) is 17.3. The lowest BCUT2D eigenvalue weighted by Gasteiger charge is -2.16. The van der Waals surface area contributed by atoms with Gasteiger partial charge in [-0.05, 0) is 55.3 Å². The van der Waals surface area contributed by atoms with E-state index in [1.54, 1.807) is 24.2 Å². The minimum Gasteiger partial charge on any atom is -0.335 e. The zero-order valence-corrected chi connectivity index (χ0v) is 14.4. The number of aromatic nitrogens is 1. The molecule has 1 aromatic carbocycles. The highest BCUT2D eigenvalue weighted by atomic mass is 32.2. The first-order valence-corrected chi connectivity index (χ1v) is 8.86. The highest BCUT2D eigenvalue weighted by Gasteiger charge is 2.10. The number of pyridine rings is 1. The molecule has 2 amide bonds. The number of thioether (sulfide) groups is 1. The molecule has 5 heteroatoms. The molecule has 0 aliphatic carbocycles. The number of urea groups is 1. The van der Waals surface area contributed by atoms with E-state index in [9.17, 15) is 4.79 Å². The van der Waals surface area contributed by atoms with Crippen LogP contribution >= 0.6 is 11.8 Å². The van der Waals surface area contributed by atoms with Crippen LogP contribution in [0, 0.1) is 0 Å². The summed E-state index contributed by atoms with van der Waals surface area (Å²) in [5.74, 6) is 1.04. The quantitative estimate of drug-likeness (QED) is 0.743. The van der Waals surface area contributed by atoms with Crippen molar-refractivity contribution in [3.05, 3.63) is 54.4 Å². The number of nitrogens with one attached hydrogen (secondary N) is 2. The molecule has 2 rings (SSSR count). The molecule has 0 bridgehead atoms.